The third-order valence-electron chi connectivity index (χ3n) is 2.08. The molecule has 1 rings (SSSR count). The van der Waals surface area contributed by atoms with Crippen LogP contribution in [0.4, 0.5) is 0 Å². The molecule has 15 heavy (non-hydrogen) atoms. The summed E-state index contributed by atoms with van der Waals surface area (Å²) in [6.07, 6.45) is 0. The van der Waals surface area contributed by atoms with Gasteiger partial charge in [-0.15, -0.1) is 11.3 Å². The summed E-state index contributed by atoms with van der Waals surface area (Å²) in [4.78, 5) is 6.53. The Morgan fingerprint density at radius 1 is 1.53 bits per heavy atom. The molecule has 5 heteroatoms. The molecule has 0 aliphatic heterocycles. The van der Waals surface area contributed by atoms with Crippen LogP contribution in [0.5, 0.6) is 0 Å². The van der Waals surface area contributed by atoms with Crippen LogP contribution in [0.3, 0.4) is 0 Å². The molecule has 0 spiro atoms. The maximum absolute atomic E-state index is 8.92. The van der Waals surface area contributed by atoms with Crippen molar-refractivity contribution >= 4 is 11.3 Å². The molecule has 0 aliphatic carbocycles. The quantitative estimate of drug-likeness (QED) is 0.755. The van der Waals surface area contributed by atoms with Crippen LogP contribution in [-0.4, -0.2) is 48.4 Å². The van der Waals surface area contributed by atoms with Crippen molar-refractivity contribution in [2.24, 2.45) is 0 Å². The summed E-state index contributed by atoms with van der Waals surface area (Å²) in [6.45, 7) is 5.14. The second-order valence-corrected chi connectivity index (χ2v) is 4.41. The molecule has 1 heterocycles. The number of rotatable bonds is 7. The monoisotopic (exact) mass is 230 g/mol. The van der Waals surface area contributed by atoms with E-state index in [0.29, 0.717) is 13.2 Å². The highest BCUT2D eigenvalue weighted by Crippen LogP contribution is 2.10. The lowest BCUT2D eigenvalue weighted by atomic mass is 10.4. The molecule has 0 saturated carbocycles. The van der Waals surface area contributed by atoms with E-state index >= 15 is 0 Å². The molecule has 0 aliphatic rings. The highest BCUT2D eigenvalue weighted by molar-refractivity contribution is 7.09. The first-order valence-corrected chi connectivity index (χ1v) is 5.87. The number of hydrogen-bond acceptors (Lipinski definition) is 5. The van der Waals surface area contributed by atoms with Gasteiger partial charge in [-0.05, 0) is 6.92 Å². The lowest BCUT2D eigenvalue weighted by Crippen LogP contribution is -2.29. The predicted octanol–water partition coefficient (Wildman–Crippen LogP) is 0.892. The van der Waals surface area contributed by atoms with Crippen LogP contribution in [-0.2, 0) is 11.3 Å². The SMILES string of the molecule is COCCN(CCO)Cc1csc(C)n1. The number of hydrogen-bond donors (Lipinski definition) is 1. The molecule has 86 valence electrons. The van der Waals surface area contributed by atoms with Crippen LogP contribution < -0.4 is 0 Å². The van der Waals surface area contributed by atoms with Gasteiger partial charge in [-0.25, -0.2) is 4.98 Å². The number of aliphatic hydroxyl groups is 1. The van der Waals surface area contributed by atoms with Crippen LogP contribution in [0.2, 0.25) is 0 Å². The van der Waals surface area contributed by atoms with Gasteiger partial charge in [0.05, 0.1) is 23.9 Å². The fourth-order valence-corrected chi connectivity index (χ4v) is 1.95. The predicted molar refractivity (Wildman–Crippen MR) is 61.1 cm³/mol. The van der Waals surface area contributed by atoms with Crippen molar-refractivity contribution in [1.29, 1.82) is 0 Å². The second kappa shape index (κ2) is 6.90. The van der Waals surface area contributed by atoms with Gasteiger partial charge >= 0.3 is 0 Å². The lowest BCUT2D eigenvalue weighted by molar-refractivity contribution is 0.126. The third kappa shape index (κ3) is 4.70. The Hall–Kier alpha value is -0.490. The minimum atomic E-state index is 0.173. The van der Waals surface area contributed by atoms with Crippen molar-refractivity contribution < 1.29 is 9.84 Å². The van der Waals surface area contributed by atoms with Crippen molar-refractivity contribution in [3.05, 3.63) is 16.1 Å². The Bertz CT molecular complexity index is 278. The molecule has 0 atom stereocenters. The zero-order chi connectivity index (χ0) is 11.1. The number of aliphatic hydroxyl groups excluding tert-OH is 1. The summed E-state index contributed by atoms with van der Waals surface area (Å²) in [5.41, 5.74) is 1.07. The van der Waals surface area contributed by atoms with E-state index in [-0.39, 0.29) is 6.61 Å². The van der Waals surface area contributed by atoms with Crippen molar-refractivity contribution in [2.45, 2.75) is 13.5 Å². The molecule has 0 bridgehead atoms. The molecule has 1 N–H and O–H groups in total. The normalized spacial score (nSPS) is 11.2. The third-order valence-corrected chi connectivity index (χ3v) is 2.90. The highest BCUT2D eigenvalue weighted by atomic mass is 32.1. The fourth-order valence-electron chi connectivity index (χ4n) is 1.34. The van der Waals surface area contributed by atoms with Gasteiger partial charge in [-0.3, -0.25) is 4.90 Å². The molecule has 0 radical (unpaired) electrons. The molecule has 0 amide bonds. The van der Waals surface area contributed by atoms with Gasteiger partial charge in [-0.1, -0.05) is 0 Å². The number of nitrogens with zero attached hydrogens (tertiary/aromatic N) is 2. The van der Waals surface area contributed by atoms with Gasteiger partial charge in [0.2, 0.25) is 0 Å². The fraction of sp³-hybridized carbons (Fsp3) is 0.700. The zero-order valence-corrected chi connectivity index (χ0v) is 10.1. The standard InChI is InChI=1S/C10H18N2O2S/c1-9-11-10(8-15-9)7-12(3-5-13)4-6-14-2/h8,13H,3-7H2,1-2H3. The van der Waals surface area contributed by atoms with Gasteiger partial charge < -0.3 is 9.84 Å². The molecular formula is C10H18N2O2S. The summed E-state index contributed by atoms with van der Waals surface area (Å²) in [7, 11) is 1.68. The van der Waals surface area contributed by atoms with E-state index in [0.717, 1.165) is 23.8 Å². The van der Waals surface area contributed by atoms with Crippen LogP contribution >= 0.6 is 11.3 Å². The minimum Gasteiger partial charge on any atom is -0.395 e. The number of thiazole rings is 1. The first-order valence-electron chi connectivity index (χ1n) is 4.99. The molecule has 0 saturated heterocycles. The minimum absolute atomic E-state index is 0.173. The molecule has 4 nitrogen and oxygen atoms in total. The van der Waals surface area contributed by atoms with Crippen molar-refractivity contribution in [3.63, 3.8) is 0 Å². The van der Waals surface area contributed by atoms with Crippen LogP contribution in [0.1, 0.15) is 10.7 Å². The Balaban J connectivity index is 2.42. The molecular weight excluding hydrogens is 212 g/mol. The Kier molecular flexibility index (Phi) is 5.78. The van der Waals surface area contributed by atoms with E-state index in [1.807, 2.05) is 6.92 Å². The van der Waals surface area contributed by atoms with Gasteiger partial charge in [-0.2, -0.15) is 0 Å². The first kappa shape index (κ1) is 12.6. The van der Waals surface area contributed by atoms with Crippen LogP contribution in [0.25, 0.3) is 0 Å². The summed E-state index contributed by atoms with van der Waals surface area (Å²) < 4.78 is 5.02. The summed E-state index contributed by atoms with van der Waals surface area (Å²) in [5, 5.41) is 12.1. The topological polar surface area (TPSA) is 45.6 Å². The number of ether oxygens (including phenoxy) is 1. The van der Waals surface area contributed by atoms with Crippen molar-refractivity contribution in [1.82, 2.24) is 9.88 Å². The summed E-state index contributed by atoms with van der Waals surface area (Å²) in [6, 6.07) is 0. The summed E-state index contributed by atoms with van der Waals surface area (Å²) in [5.74, 6) is 0. The van der Waals surface area contributed by atoms with E-state index in [1.54, 1.807) is 18.4 Å². The molecule has 1 aromatic heterocycles. The Labute approximate surface area is 94.5 Å². The van der Waals surface area contributed by atoms with Crippen LogP contribution in [0.15, 0.2) is 5.38 Å². The Morgan fingerprint density at radius 3 is 2.87 bits per heavy atom. The van der Waals surface area contributed by atoms with Crippen molar-refractivity contribution in [3.8, 4) is 0 Å². The number of aromatic nitrogens is 1. The van der Waals surface area contributed by atoms with Crippen LogP contribution in [0, 0.1) is 6.92 Å². The number of methoxy groups -OCH3 is 1. The molecule has 0 unspecified atom stereocenters. The van der Waals surface area contributed by atoms with Gasteiger partial charge in [0, 0.05) is 32.1 Å². The maximum atomic E-state index is 8.92. The molecule has 1 aromatic rings. The van der Waals surface area contributed by atoms with E-state index in [9.17, 15) is 0 Å². The van der Waals surface area contributed by atoms with E-state index in [1.165, 1.54) is 0 Å². The lowest BCUT2D eigenvalue weighted by Gasteiger charge is -2.19. The van der Waals surface area contributed by atoms with Gasteiger partial charge in [0.15, 0.2) is 0 Å². The average molecular weight is 230 g/mol. The first-order chi connectivity index (χ1) is 7.26. The highest BCUT2D eigenvalue weighted by Gasteiger charge is 2.07. The average Bonchev–Trinajstić information content (AvgIpc) is 2.61. The van der Waals surface area contributed by atoms with E-state index in [4.69, 9.17) is 9.84 Å². The molecule has 0 fully saturated rings. The smallest absolute Gasteiger partial charge is 0.0897 e. The van der Waals surface area contributed by atoms with Crippen molar-refractivity contribution in [2.75, 3.05) is 33.4 Å². The van der Waals surface area contributed by atoms with Gasteiger partial charge in [0.1, 0.15) is 0 Å². The second-order valence-electron chi connectivity index (χ2n) is 3.35. The maximum Gasteiger partial charge on any atom is 0.0897 e. The van der Waals surface area contributed by atoms with E-state index < -0.39 is 0 Å². The Morgan fingerprint density at radius 2 is 2.33 bits per heavy atom. The largest absolute Gasteiger partial charge is 0.395 e. The van der Waals surface area contributed by atoms with Gasteiger partial charge in [0.25, 0.3) is 0 Å². The zero-order valence-electron chi connectivity index (χ0n) is 9.27. The van der Waals surface area contributed by atoms with E-state index in [2.05, 4.69) is 15.3 Å². The summed E-state index contributed by atoms with van der Waals surface area (Å²) >= 11 is 1.66. The molecule has 0 aromatic carbocycles. The number of aryl methyl sites for hydroxylation is 1.